The van der Waals surface area contributed by atoms with Crippen molar-refractivity contribution in [3.05, 3.63) is 42.0 Å². The Kier molecular flexibility index (Phi) is 3.91. The minimum Gasteiger partial charge on any atom is -0.479 e. The minimum absolute atomic E-state index is 0.0201. The fourth-order valence-electron chi connectivity index (χ4n) is 1.41. The Morgan fingerprint density at radius 2 is 2.37 bits per heavy atom. The number of oxazole rings is 1. The quantitative estimate of drug-likeness (QED) is 0.899. The summed E-state index contributed by atoms with van der Waals surface area (Å²) in [7, 11) is 0. The van der Waals surface area contributed by atoms with E-state index < -0.39 is 12.1 Å². The Bertz CT molecular complexity index is 582. The van der Waals surface area contributed by atoms with Crippen LogP contribution < -0.4 is 0 Å². The third-order valence-electron chi connectivity index (χ3n) is 2.45. The predicted octanol–water partition coefficient (Wildman–Crippen LogP) is 2.47. The van der Waals surface area contributed by atoms with E-state index in [9.17, 15) is 9.18 Å². The molecule has 1 heterocycles. The molecule has 0 saturated carbocycles. The molecule has 0 fully saturated rings. The summed E-state index contributed by atoms with van der Waals surface area (Å²) < 4.78 is 23.3. The van der Waals surface area contributed by atoms with Gasteiger partial charge in [-0.3, -0.25) is 0 Å². The lowest BCUT2D eigenvalue weighted by Gasteiger charge is -2.05. The Balaban J connectivity index is 2.05. The topological polar surface area (TPSA) is 72.6 Å². The van der Waals surface area contributed by atoms with Crippen molar-refractivity contribution in [2.45, 2.75) is 19.6 Å². The summed E-state index contributed by atoms with van der Waals surface area (Å²) in [6.45, 7) is 1.45. The number of hydrogen-bond acceptors (Lipinski definition) is 4. The second-order valence-corrected chi connectivity index (χ2v) is 3.95. The van der Waals surface area contributed by atoms with Crippen LogP contribution in [0.2, 0.25) is 0 Å². The highest BCUT2D eigenvalue weighted by Crippen LogP contribution is 2.19. The normalized spacial score (nSPS) is 12.3. The average molecular weight is 265 g/mol. The molecule has 1 aromatic carbocycles. The van der Waals surface area contributed by atoms with Crippen LogP contribution in [-0.2, 0) is 16.1 Å². The van der Waals surface area contributed by atoms with Crippen LogP contribution >= 0.6 is 0 Å². The number of benzene rings is 1. The van der Waals surface area contributed by atoms with E-state index in [0.717, 1.165) is 0 Å². The van der Waals surface area contributed by atoms with Crippen molar-refractivity contribution in [2.75, 3.05) is 0 Å². The van der Waals surface area contributed by atoms with Gasteiger partial charge in [-0.15, -0.1) is 0 Å². The van der Waals surface area contributed by atoms with Crippen LogP contribution in [0.15, 0.2) is 34.9 Å². The Morgan fingerprint density at radius 1 is 1.58 bits per heavy atom. The molecule has 19 heavy (non-hydrogen) atoms. The summed E-state index contributed by atoms with van der Waals surface area (Å²) in [5.41, 5.74) is 0.963. The van der Waals surface area contributed by atoms with Gasteiger partial charge in [0, 0.05) is 5.56 Å². The van der Waals surface area contributed by atoms with E-state index in [1.165, 1.54) is 25.3 Å². The van der Waals surface area contributed by atoms with Gasteiger partial charge in [0.1, 0.15) is 17.8 Å². The van der Waals surface area contributed by atoms with Crippen molar-refractivity contribution in [1.29, 1.82) is 0 Å². The van der Waals surface area contributed by atoms with Gasteiger partial charge >= 0.3 is 5.97 Å². The molecule has 0 amide bonds. The van der Waals surface area contributed by atoms with Gasteiger partial charge in [-0.25, -0.2) is 14.2 Å². The smallest absolute Gasteiger partial charge is 0.332 e. The van der Waals surface area contributed by atoms with Crippen molar-refractivity contribution < 1.29 is 23.4 Å². The molecule has 6 heteroatoms. The molecule has 0 aliphatic rings. The van der Waals surface area contributed by atoms with Gasteiger partial charge in [-0.1, -0.05) is 6.07 Å². The molecular weight excluding hydrogens is 253 g/mol. The highest BCUT2D eigenvalue weighted by molar-refractivity contribution is 5.71. The standard InChI is InChI=1S/C13H12FNO4/c1-8(13(16)17)18-6-11-7-19-12(15-11)9-3-2-4-10(14)5-9/h2-5,7-8H,6H2,1H3,(H,16,17)/t8-/m1/s1. The molecular formula is C13H12FNO4. The number of carbonyl (C=O) groups is 1. The molecule has 0 aliphatic heterocycles. The van der Waals surface area contributed by atoms with E-state index in [1.807, 2.05) is 0 Å². The fraction of sp³-hybridized carbons (Fsp3) is 0.231. The van der Waals surface area contributed by atoms with Crippen LogP contribution in [0.4, 0.5) is 4.39 Å². The van der Waals surface area contributed by atoms with Crippen molar-refractivity contribution in [3.63, 3.8) is 0 Å². The van der Waals surface area contributed by atoms with Gasteiger partial charge in [-0.05, 0) is 25.1 Å². The van der Waals surface area contributed by atoms with Crippen molar-refractivity contribution in [1.82, 2.24) is 4.98 Å². The number of carboxylic acid groups (broad SMARTS) is 1. The van der Waals surface area contributed by atoms with Crippen LogP contribution in [0.1, 0.15) is 12.6 Å². The van der Waals surface area contributed by atoms with Crippen molar-refractivity contribution in [2.24, 2.45) is 0 Å². The second-order valence-electron chi connectivity index (χ2n) is 3.95. The van der Waals surface area contributed by atoms with Gasteiger partial charge in [0.15, 0.2) is 6.10 Å². The monoisotopic (exact) mass is 265 g/mol. The minimum atomic E-state index is -1.05. The first-order chi connectivity index (χ1) is 9.06. The molecule has 2 rings (SSSR count). The average Bonchev–Trinajstić information content (AvgIpc) is 2.84. The van der Waals surface area contributed by atoms with Gasteiger partial charge in [0.05, 0.1) is 6.61 Å². The first-order valence-corrected chi connectivity index (χ1v) is 5.61. The van der Waals surface area contributed by atoms with Crippen LogP contribution in [0.25, 0.3) is 11.5 Å². The van der Waals surface area contributed by atoms with E-state index >= 15 is 0 Å². The second kappa shape index (κ2) is 5.62. The molecule has 0 unspecified atom stereocenters. The van der Waals surface area contributed by atoms with Gasteiger partial charge in [0.25, 0.3) is 0 Å². The van der Waals surface area contributed by atoms with Crippen LogP contribution in [0, 0.1) is 5.82 Å². The Morgan fingerprint density at radius 3 is 3.05 bits per heavy atom. The number of carboxylic acids is 1. The molecule has 0 aliphatic carbocycles. The molecule has 0 spiro atoms. The maximum atomic E-state index is 13.0. The third kappa shape index (κ3) is 3.38. The maximum Gasteiger partial charge on any atom is 0.332 e. The summed E-state index contributed by atoms with van der Waals surface area (Å²) in [5, 5.41) is 8.66. The van der Waals surface area contributed by atoms with Crippen molar-refractivity contribution >= 4 is 5.97 Å². The van der Waals surface area contributed by atoms with E-state index in [2.05, 4.69) is 4.98 Å². The first kappa shape index (κ1) is 13.2. The predicted molar refractivity (Wildman–Crippen MR) is 63.8 cm³/mol. The lowest BCUT2D eigenvalue weighted by atomic mass is 10.2. The molecule has 0 saturated heterocycles. The zero-order valence-electron chi connectivity index (χ0n) is 10.2. The highest BCUT2D eigenvalue weighted by Gasteiger charge is 2.13. The number of aliphatic carboxylic acids is 1. The van der Waals surface area contributed by atoms with Gasteiger partial charge < -0.3 is 14.3 Å². The van der Waals surface area contributed by atoms with E-state index in [1.54, 1.807) is 12.1 Å². The molecule has 0 bridgehead atoms. The largest absolute Gasteiger partial charge is 0.479 e. The Hall–Kier alpha value is -2.21. The number of nitrogens with zero attached hydrogens (tertiary/aromatic N) is 1. The number of ether oxygens (including phenoxy) is 1. The van der Waals surface area contributed by atoms with Gasteiger partial charge in [0.2, 0.25) is 5.89 Å². The maximum absolute atomic E-state index is 13.0. The number of hydrogen-bond donors (Lipinski definition) is 1. The summed E-state index contributed by atoms with van der Waals surface area (Å²) in [6, 6.07) is 5.85. The molecule has 100 valence electrons. The number of halogens is 1. The molecule has 5 nitrogen and oxygen atoms in total. The highest BCUT2D eigenvalue weighted by atomic mass is 19.1. The number of rotatable bonds is 5. The van der Waals surface area contributed by atoms with E-state index in [-0.39, 0.29) is 18.3 Å². The van der Waals surface area contributed by atoms with Gasteiger partial charge in [-0.2, -0.15) is 0 Å². The van der Waals surface area contributed by atoms with Crippen LogP contribution in [0.3, 0.4) is 0 Å². The first-order valence-electron chi connectivity index (χ1n) is 5.61. The zero-order valence-corrected chi connectivity index (χ0v) is 10.2. The molecule has 1 aromatic heterocycles. The van der Waals surface area contributed by atoms with E-state index in [0.29, 0.717) is 11.3 Å². The molecule has 1 N–H and O–H groups in total. The summed E-state index contributed by atoms with van der Waals surface area (Å²) in [4.78, 5) is 14.7. The molecule has 2 aromatic rings. The summed E-state index contributed by atoms with van der Waals surface area (Å²) >= 11 is 0. The van der Waals surface area contributed by atoms with E-state index in [4.69, 9.17) is 14.3 Å². The molecule has 0 radical (unpaired) electrons. The summed E-state index contributed by atoms with van der Waals surface area (Å²) in [5.74, 6) is -1.16. The lowest BCUT2D eigenvalue weighted by Crippen LogP contribution is -2.19. The fourth-order valence-corrected chi connectivity index (χ4v) is 1.41. The lowest BCUT2D eigenvalue weighted by molar-refractivity contribution is -0.149. The van der Waals surface area contributed by atoms with Crippen LogP contribution in [0.5, 0.6) is 0 Å². The SMILES string of the molecule is C[C@@H](OCc1coc(-c2cccc(F)c2)n1)C(=O)O. The third-order valence-corrected chi connectivity index (χ3v) is 2.45. The Labute approximate surface area is 108 Å². The molecule has 1 atom stereocenters. The number of aromatic nitrogens is 1. The van der Waals surface area contributed by atoms with Crippen LogP contribution in [-0.4, -0.2) is 22.2 Å². The van der Waals surface area contributed by atoms with Crippen molar-refractivity contribution in [3.8, 4) is 11.5 Å². The zero-order chi connectivity index (χ0) is 13.8. The summed E-state index contributed by atoms with van der Waals surface area (Å²) in [6.07, 6.45) is 0.434.